The second-order valence-corrected chi connectivity index (χ2v) is 10.6. The van der Waals surface area contributed by atoms with Crippen LogP contribution in [0.2, 0.25) is 0 Å². The Morgan fingerprint density at radius 2 is 1.57 bits per heavy atom. The van der Waals surface area contributed by atoms with Gasteiger partial charge in [0.1, 0.15) is 4.21 Å². The molecule has 4 rings (SSSR count). The molecule has 2 saturated heterocycles. The van der Waals surface area contributed by atoms with Gasteiger partial charge in [0.2, 0.25) is 0 Å². The van der Waals surface area contributed by atoms with Crippen molar-refractivity contribution >= 4 is 33.2 Å². The third kappa shape index (κ3) is 4.30. The third-order valence-corrected chi connectivity index (χ3v) is 8.88. The molecule has 0 aromatic carbocycles. The molecule has 30 heavy (non-hydrogen) atoms. The normalized spacial score (nSPS) is 18.9. The van der Waals surface area contributed by atoms with Gasteiger partial charge in [-0.2, -0.15) is 4.31 Å². The van der Waals surface area contributed by atoms with E-state index in [2.05, 4.69) is 0 Å². The third-order valence-electron chi connectivity index (χ3n) is 5.57. The summed E-state index contributed by atoms with van der Waals surface area (Å²) in [6.45, 7) is 2.46. The number of amides is 2. The van der Waals surface area contributed by atoms with E-state index in [9.17, 15) is 18.0 Å². The zero-order valence-corrected chi connectivity index (χ0v) is 18.3. The number of hydrogen-bond acceptors (Lipinski definition) is 6. The second-order valence-electron chi connectivity index (χ2n) is 7.53. The molecule has 2 aromatic heterocycles. The highest BCUT2D eigenvalue weighted by molar-refractivity contribution is 7.91. The van der Waals surface area contributed by atoms with Crippen LogP contribution in [0.5, 0.6) is 0 Å². The molecule has 0 unspecified atom stereocenters. The predicted molar refractivity (Wildman–Crippen MR) is 112 cm³/mol. The summed E-state index contributed by atoms with van der Waals surface area (Å²) in [6.07, 6.45) is 5.67. The van der Waals surface area contributed by atoms with E-state index in [1.807, 2.05) is 4.90 Å². The van der Waals surface area contributed by atoms with Crippen molar-refractivity contribution in [1.29, 1.82) is 0 Å². The van der Waals surface area contributed by atoms with Crippen molar-refractivity contribution in [2.75, 3.05) is 39.3 Å². The summed E-state index contributed by atoms with van der Waals surface area (Å²) in [6, 6.07) is 4.74. The molecule has 0 radical (unpaired) electrons. The van der Waals surface area contributed by atoms with Crippen molar-refractivity contribution in [3.05, 3.63) is 41.2 Å². The Labute approximate surface area is 180 Å². The Bertz CT molecular complexity index is 984. The summed E-state index contributed by atoms with van der Waals surface area (Å²) in [4.78, 5) is 28.5. The highest BCUT2D eigenvalue weighted by Gasteiger charge is 2.32. The molecule has 0 bridgehead atoms. The average molecular weight is 452 g/mol. The Kier molecular flexibility index (Phi) is 6.26. The quantitative estimate of drug-likeness (QED) is 0.712. The van der Waals surface area contributed by atoms with Crippen LogP contribution < -0.4 is 0 Å². The SMILES string of the molecule is O=C(c1csc(S(=O)(=O)N2CCN(C(=O)c3ccco3)CC2)c1)N1CCCCCC1. The fourth-order valence-electron chi connectivity index (χ4n) is 3.84. The predicted octanol–water partition coefficient (Wildman–Crippen LogP) is 2.50. The summed E-state index contributed by atoms with van der Waals surface area (Å²) < 4.78 is 32.8. The summed E-state index contributed by atoms with van der Waals surface area (Å²) in [7, 11) is -3.70. The highest BCUT2D eigenvalue weighted by atomic mass is 32.2. The van der Waals surface area contributed by atoms with Crippen LogP contribution in [0.1, 0.15) is 46.6 Å². The van der Waals surface area contributed by atoms with Gasteiger partial charge in [-0.05, 0) is 31.0 Å². The lowest BCUT2D eigenvalue weighted by molar-refractivity contribution is 0.0665. The molecule has 0 aliphatic carbocycles. The van der Waals surface area contributed by atoms with Crippen molar-refractivity contribution in [2.45, 2.75) is 29.9 Å². The van der Waals surface area contributed by atoms with E-state index in [1.165, 1.54) is 16.6 Å². The van der Waals surface area contributed by atoms with Gasteiger partial charge < -0.3 is 14.2 Å². The minimum Gasteiger partial charge on any atom is -0.459 e. The maximum Gasteiger partial charge on any atom is 0.289 e. The molecule has 0 spiro atoms. The molecule has 10 heteroatoms. The van der Waals surface area contributed by atoms with Crippen LogP contribution in [-0.2, 0) is 10.0 Å². The largest absolute Gasteiger partial charge is 0.459 e. The number of carbonyl (C=O) groups excluding carboxylic acids is 2. The van der Waals surface area contributed by atoms with Gasteiger partial charge in [-0.1, -0.05) is 12.8 Å². The van der Waals surface area contributed by atoms with Crippen molar-refractivity contribution in [1.82, 2.24) is 14.1 Å². The summed E-state index contributed by atoms with van der Waals surface area (Å²) in [5, 5.41) is 1.64. The molecule has 0 atom stereocenters. The van der Waals surface area contributed by atoms with Gasteiger partial charge in [-0.25, -0.2) is 8.42 Å². The first-order chi connectivity index (χ1) is 14.5. The van der Waals surface area contributed by atoms with Crippen LogP contribution in [0.15, 0.2) is 38.5 Å². The molecular weight excluding hydrogens is 426 g/mol. The monoisotopic (exact) mass is 451 g/mol. The van der Waals surface area contributed by atoms with Gasteiger partial charge in [-0.15, -0.1) is 11.3 Å². The highest BCUT2D eigenvalue weighted by Crippen LogP contribution is 2.26. The number of nitrogens with zero attached hydrogens (tertiary/aromatic N) is 3. The Balaban J connectivity index is 1.41. The van der Waals surface area contributed by atoms with E-state index in [1.54, 1.807) is 22.4 Å². The summed E-state index contributed by atoms with van der Waals surface area (Å²) in [5.41, 5.74) is 0.437. The lowest BCUT2D eigenvalue weighted by Gasteiger charge is -2.33. The zero-order valence-electron chi connectivity index (χ0n) is 16.7. The van der Waals surface area contributed by atoms with E-state index in [4.69, 9.17) is 4.42 Å². The molecule has 0 N–H and O–H groups in total. The van der Waals surface area contributed by atoms with E-state index in [0.29, 0.717) is 18.7 Å². The molecule has 4 heterocycles. The number of likely N-dealkylation sites (tertiary alicyclic amines) is 1. The van der Waals surface area contributed by atoms with Crippen molar-refractivity contribution in [3.63, 3.8) is 0 Å². The maximum atomic E-state index is 13.0. The molecule has 2 amide bonds. The van der Waals surface area contributed by atoms with Crippen LogP contribution in [0, 0.1) is 0 Å². The standard InChI is InChI=1S/C20H25N3O5S2/c24-19(21-7-3-1-2-4-8-21)16-14-18(29-15-16)30(26,27)23-11-9-22(10-12-23)20(25)17-6-5-13-28-17/h5-6,13-15H,1-4,7-12H2. The van der Waals surface area contributed by atoms with Crippen LogP contribution >= 0.6 is 11.3 Å². The van der Waals surface area contributed by atoms with E-state index >= 15 is 0 Å². The molecule has 2 aliphatic heterocycles. The zero-order chi connectivity index (χ0) is 21.1. The van der Waals surface area contributed by atoms with Crippen LogP contribution in [-0.4, -0.2) is 73.6 Å². The fourth-order valence-corrected chi connectivity index (χ4v) is 6.56. The van der Waals surface area contributed by atoms with E-state index < -0.39 is 10.0 Å². The number of rotatable bonds is 4. The Hall–Kier alpha value is -2.17. The first-order valence-electron chi connectivity index (χ1n) is 10.2. The van der Waals surface area contributed by atoms with E-state index in [0.717, 1.165) is 50.1 Å². The molecule has 8 nitrogen and oxygen atoms in total. The number of sulfonamides is 1. The van der Waals surface area contributed by atoms with Gasteiger partial charge in [0.25, 0.3) is 21.8 Å². The van der Waals surface area contributed by atoms with Gasteiger partial charge in [-0.3, -0.25) is 9.59 Å². The molecule has 162 valence electrons. The second kappa shape index (κ2) is 8.91. The number of furan rings is 1. The molecule has 2 fully saturated rings. The van der Waals surface area contributed by atoms with E-state index in [-0.39, 0.29) is 34.9 Å². The summed E-state index contributed by atoms with van der Waals surface area (Å²) in [5.74, 6) is -0.0804. The van der Waals surface area contributed by atoms with Crippen molar-refractivity contribution in [2.24, 2.45) is 0 Å². The lowest BCUT2D eigenvalue weighted by Crippen LogP contribution is -2.50. The van der Waals surface area contributed by atoms with Crippen molar-refractivity contribution < 1.29 is 22.4 Å². The molecule has 0 saturated carbocycles. The Morgan fingerprint density at radius 1 is 0.900 bits per heavy atom. The van der Waals surface area contributed by atoms with Crippen molar-refractivity contribution in [3.8, 4) is 0 Å². The number of carbonyl (C=O) groups is 2. The molecule has 2 aromatic rings. The van der Waals surface area contributed by atoms with Crippen LogP contribution in [0.3, 0.4) is 0 Å². The minimum absolute atomic E-state index is 0.0940. The average Bonchev–Trinajstić information content (AvgIpc) is 3.41. The summed E-state index contributed by atoms with van der Waals surface area (Å²) >= 11 is 1.08. The van der Waals surface area contributed by atoms with Crippen LogP contribution in [0.4, 0.5) is 0 Å². The fraction of sp³-hybridized carbons (Fsp3) is 0.500. The Morgan fingerprint density at radius 3 is 2.20 bits per heavy atom. The minimum atomic E-state index is -3.70. The molecule has 2 aliphatic rings. The van der Waals surface area contributed by atoms with Gasteiger partial charge in [0, 0.05) is 44.6 Å². The lowest BCUT2D eigenvalue weighted by atomic mass is 10.2. The first-order valence-corrected chi connectivity index (χ1v) is 12.5. The molecular formula is C20H25N3O5S2. The van der Waals surface area contributed by atoms with Gasteiger partial charge in [0.05, 0.1) is 11.8 Å². The smallest absolute Gasteiger partial charge is 0.289 e. The van der Waals surface area contributed by atoms with Gasteiger partial charge in [0.15, 0.2) is 5.76 Å². The first kappa shape index (κ1) is 21.1. The number of thiophene rings is 1. The topological polar surface area (TPSA) is 91.1 Å². The number of piperazine rings is 1. The van der Waals surface area contributed by atoms with Crippen LogP contribution in [0.25, 0.3) is 0 Å². The van der Waals surface area contributed by atoms with Gasteiger partial charge >= 0.3 is 0 Å². The number of hydrogen-bond donors (Lipinski definition) is 0. The maximum absolute atomic E-state index is 13.0.